The predicted octanol–water partition coefficient (Wildman–Crippen LogP) is 3.21. The lowest BCUT2D eigenvalue weighted by Crippen LogP contribution is -2.51. The summed E-state index contributed by atoms with van der Waals surface area (Å²) >= 11 is 0. The van der Waals surface area contributed by atoms with Gasteiger partial charge in [0.1, 0.15) is 0 Å². The van der Waals surface area contributed by atoms with E-state index in [1.165, 1.54) is 11.1 Å². The standard InChI is InChI=1S/C23H27N5O/c1-19-5-4-6-20(15-19)17-26-11-13-27(14-12-26)23(29)25-16-21-7-2-3-8-22(21)28-10-9-24-18-28/h2-10,15,18H,11-14,16-17H2,1H3,(H,25,29). The smallest absolute Gasteiger partial charge is 0.317 e. The molecule has 1 saturated heterocycles. The van der Waals surface area contributed by atoms with Crippen molar-refractivity contribution in [1.29, 1.82) is 0 Å². The second-order valence-corrected chi connectivity index (χ2v) is 7.51. The normalized spacial score (nSPS) is 14.7. The number of nitrogens with one attached hydrogen (secondary N) is 1. The first-order valence-electron chi connectivity index (χ1n) is 10.1. The number of nitrogens with zero attached hydrogens (tertiary/aromatic N) is 4. The average Bonchev–Trinajstić information content (AvgIpc) is 3.27. The Labute approximate surface area is 171 Å². The highest BCUT2D eigenvalue weighted by Crippen LogP contribution is 2.14. The Hall–Kier alpha value is -3.12. The minimum absolute atomic E-state index is 0.000592. The number of aromatic nitrogens is 2. The Kier molecular flexibility index (Phi) is 5.91. The lowest BCUT2D eigenvalue weighted by atomic mass is 10.1. The molecule has 2 amide bonds. The van der Waals surface area contributed by atoms with Crippen molar-refractivity contribution in [2.45, 2.75) is 20.0 Å². The molecule has 0 aliphatic carbocycles. The third-order valence-electron chi connectivity index (χ3n) is 5.35. The van der Waals surface area contributed by atoms with E-state index < -0.39 is 0 Å². The molecule has 0 bridgehead atoms. The maximum Gasteiger partial charge on any atom is 0.317 e. The fourth-order valence-electron chi connectivity index (χ4n) is 3.77. The van der Waals surface area contributed by atoms with Gasteiger partial charge in [0, 0.05) is 51.7 Å². The second-order valence-electron chi connectivity index (χ2n) is 7.51. The Balaban J connectivity index is 1.29. The van der Waals surface area contributed by atoms with Gasteiger partial charge in [-0.25, -0.2) is 9.78 Å². The van der Waals surface area contributed by atoms with Crippen molar-refractivity contribution in [2.75, 3.05) is 26.2 Å². The highest BCUT2D eigenvalue weighted by molar-refractivity contribution is 5.74. The first kappa shape index (κ1) is 19.2. The van der Waals surface area contributed by atoms with Crippen LogP contribution in [0.3, 0.4) is 0 Å². The fourth-order valence-corrected chi connectivity index (χ4v) is 3.77. The zero-order chi connectivity index (χ0) is 20.1. The molecule has 2 heterocycles. The lowest BCUT2D eigenvalue weighted by Gasteiger charge is -2.34. The van der Waals surface area contributed by atoms with Crippen molar-refractivity contribution in [2.24, 2.45) is 0 Å². The Morgan fingerprint density at radius 1 is 1.07 bits per heavy atom. The molecule has 4 rings (SSSR count). The topological polar surface area (TPSA) is 53.4 Å². The van der Waals surface area contributed by atoms with Crippen LogP contribution in [0.2, 0.25) is 0 Å². The minimum Gasteiger partial charge on any atom is -0.334 e. The number of rotatable bonds is 5. The number of amides is 2. The molecular formula is C23H27N5O. The molecule has 0 atom stereocenters. The van der Waals surface area contributed by atoms with Crippen LogP contribution < -0.4 is 5.32 Å². The highest BCUT2D eigenvalue weighted by Gasteiger charge is 2.21. The summed E-state index contributed by atoms with van der Waals surface area (Å²) in [4.78, 5) is 21.1. The third kappa shape index (κ3) is 4.84. The molecule has 0 saturated carbocycles. The molecule has 0 radical (unpaired) electrons. The molecule has 0 unspecified atom stereocenters. The molecule has 2 aromatic carbocycles. The lowest BCUT2D eigenvalue weighted by molar-refractivity contribution is 0.135. The summed E-state index contributed by atoms with van der Waals surface area (Å²) in [5.41, 5.74) is 4.72. The molecule has 1 aliphatic rings. The van der Waals surface area contributed by atoms with Gasteiger partial charge in [0.25, 0.3) is 0 Å². The van der Waals surface area contributed by atoms with E-state index in [1.807, 2.05) is 39.9 Å². The van der Waals surface area contributed by atoms with Crippen molar-refractivity contribution in [3.8, 4) is 5.69 Å². The van der Waals surface area contributed by atoms with Crippen LogP contribution in [0.1, 0.15) is 16.7 Å². The Bertz CT molecular complexity index is 945. The van der Waals surface area contributed by atoms with Crippen LogP contribution in [-0.4, -0.2) is 51.6 Å². The summed E-state index contributed by atoms with van der Waals surface area (Å²) in [5, 5.41) is 3.08. The first-order valence-corrected chi connectivity index (χ1v) is 10.1. The number of imidazole rings is 1. The second kappa shape index (κ2) is 8.92. The molecule has 1 N–H and O–H groups in total. The Morgan fingerprint density at radius 3 is 2.66 bits per heavy atom. The maximum absolute atomic E-state index is 12.7. The summed E-state index contributed by atoms with van der Waals surface area (Å²) in [5.74, 6) is 0. The molecule has 6 heteroatoms. The average molecular weight is 390 g/mol. The third-order valence-corrected chi connectivity index (χ3v) is 5.35. The van der Waals surface area contributed by atoms with Gasteiger partial charge in [-0.15, -0.1) is 0 Å². The van der Waals surface area contributed by atoms with Gasteiger partial charge in [-0.3, -0.25) is 4.90 Å². The summed E-state index contributed by atoms with van der Waals surface area (Å²) < 4.78 is 1.96. The monoisotopic (exact) mass is 389 g/mol. The molecule has 1 aromatic heterocycles. The molecule has 1 aliphatic heterocycles. The number of urea groups is 1. The number of hydrogen-bond acceptors (Lipinski definition) is 3. The number of piperazine rings is 1. The molecule has 29 heavy (non-hydrogen) atoms. The van der Waals surface area contributed by atoms with E-state index in [1.54, 1.807) is 12.5 Å². The van der Waals surface area contributed by atoms with Crippen LogP contribution in [-0.2, 0) is 13.1 Å². The zero-order valence-electron chi connectivity index (χ0n) is 16.8. The van der Waals surface area contributed by atoms with Gasteiger partial charge in [-0.2, -0.15) is 0 Å². The van der Waals surface area contributed by atoms with Gasteiger partial charge in [0.05, 0.1) is 12.0 Å². The number of carbonyl (C=O) groups excluding carboxylic acids is 1. The van der Waals surface area contributed by atoms with Gasteiger partial charge in [-0.1, -0.05) is 48.0 Å². The van der Waals surface area contributed by atoms with Crippen molar-refractivity contribution < 1.29 is 4.79 Å². The van der Waals surface area contributed by atoms with E-state index >= 15 is 0 Å². The zero-order valence-corrected chi connectivity index (χ0v) is 16.8. The van der Waals surface area contributed by atoms with Crippen molar-refractivity contribution in [3.63, 3.8) is 0 Å². The van der Waals surface area contributed by atoms with Gasteiger partial charge in [-0.05, 0) is 24.1 Å². The number of hydrogen-bond donors (Lipinski definition) is 1. The largest absolute Gasteiger partial charge is 0.334 e. The number of para-hydroxylation sites is 1. The summed E-state index contributed by atoms with van der Waals surface area (Å²) in [6.45, 7) is 6.85. The maximum atomic E-state index is 12.7. The van der Waals surface area contributed by atoms with E-state index in [0.29, 0.717) is 6.54 Å². The SMILES string of the molecule is Cc1cccc(CN2CCN(C(=O)NCc3ccccc3-n3ccnc3)CC2)c1. The van der Waals surface area contributed by atoms with Gasteiger partial charge >= 0.3 is 6.03 Å². The summed E-state index contributed by atoms with van der Waals surface area (Å²) in [6.07, 6.45) is 5.44. The number of benzene rings is 2. The molecule has 1 fully saturated rings. The van der Waals surface area contributed by atoms with Crippen LogP contribution in [0.15, 0.2) is 67.3 Å². The van der Waals surface area contributed by atoms with Crippen LogP contribution in [0.25, 0.3) is 5.69 Å². The Morgan fingerprint density at radius 2 is 1.90 bits per heavy atom. The van der Waals surface area contributed by atoms with E-state index in [-0.39, 0.29) is 6.03 Å². The fraction of sp³-hybridized carbons (Fsp3) is 0.304. The van der Waals surface area contributed by atoms with E-state index in [9.17, 15) is 4.79 Å². The van der Waals surface area contributed by atoms with Crippen LogP contribution in [0.4, 0.5) is 4.79 Å². The number of aryl methyl sites for hydroxylation is 1. The molecule has 3 aromatic rings. The van der Waals surface area contributed by atoms with Crippen molar-refractivity contribution >= 4 is 6.03 Å². The van der Waals surface area contributed by atoms with Crippen molar-refractivity contribution in [3.05, 3.63) is 83.9 Å². The first-order chi connectivity index (χ1) is 14.2. The van der Waals surface area contributed by atoms with Crippen LogP contribution >= 0.6 is 0 Å². The summed E-state index contributed by atoms with van der Waals surface area (Å²) in [7, 11) is 0. The quantitative estimate of drug-likeness (QED) is 0.729. The predicted molar refractivity (Wildman–Crippen MR) is 114 cm³/mol. The van der Waals surface area contributed by atoms with E-state index in [4.69, 9.17) is 0 Å². The minimum atomic E-state index is 0.000592. The molecular weight excluding hydrogens is 362 g/mol. The van der Waals surface area contributed by atoms with E-state index in [0.717, 1.165) is 44.0 Å². The van der Waals surface area contributed by atoms with E-state index in [2.05, 4.69) is 46.4 Å². The molecule has 150 valence electrons. The van der Waals surface area contributed by atoms with Gasteiger partial charge in [0.2, 0.25) is 0 Å². The van der Waals surface area contributed by atoms with Gasteiger partial charge < -0.3 is 14.8 Å². The van der Waals surface area contributed by atoms with Crippen LogP contribution in [0.5, 0.6) is 0 Å². The summed E-state index contributed by atoms with van der Waals surface area (Å²) in [6, 6.07) is 16.7. The molecule has 0 spiro atoms. The van der Waals surface area contributed by atoms with Crippen molar-refractivity contribution in [1.82, 2.24) is 24.7 Å². The number of carbonyl (C=O) groups is 1. The van der Waals surface area contributed by atoms with Crippen LogP contribution in [0, 0.1) is 6.92 Å². The molecule has 6 nitrogen and oxygen atoms in total. The highest BCUT2D eigenvalue weighted by atomic mass is 16.2. The van der Waals surface area contributed by atoms with Gasteiger partial charge in [0.15, 0.2) is 0 Å².